The summed E-state index contributed by atoms with van der Waals surface area (Å²) < 4.78 is 4.93. The number of hydrogen-bond donors (Lipinski definition) is 1. The molecule has 0 aliphatic carbocycles. The third-order valence-corrected chi connectivity index (χ3v) is 2.52. The van der Waals surface area contributed by atoms with E-state index in [2.05, 4.69) is 12.6 Å². The van der Waals surface area contributed by atoms with E-state index in [0.717, 1.165) is 16.0 Å². The summed E-state index contributed by atoms with van der Waals surface area (Å²) in [5, 5.41) is 0. The summed E-state index contributed by atoms with van der Waals surface area (Å²) in [5.74, 6) is -0.277. The Labute approximate surface area is 89.7 Å². The molecule has 0 radical (unpaired) electrons. The fourth-order valence-corrected chi connectivity index (χ4v) is 1.46. The van der Waals surface area contributed by atoms with Crippen molar-refractivity contribution in [3.63, 3.8) is 0 Å². The maximum Gasteiger partial charge on any atom is 0.338 e. The lowest BCUT2D eigenvalue weighted by Crippen LogP contribution is -2.07. The second kappa shape index (κ2) is 4.51. The number of carbonyl (C=O) groups is 1. The first kappa shape index (κ1) is 11.1. The Kier molecular flexibility index (Phi) is 3.58. The molecule has 1 aromatic rings. The van der Waals surface area contributed by atoms with Crippen LogP contribution in [0.5, 0.6) is 0 Å². The van der Waals surface area contributed by atoms with Crippen molar-refractivity contribution in [1.29, 1.82) is 0 Å². The third-order valence-electron chi connectivity index (χ3n) is 2.04. The van der Waals surface area contributed by atoms with E-state index >= 15 is 0 Å². The molecule has 0 atom stereocenters. The lowest BCUT2D eigenvalue weighted by atomic mass is 10.1. The highest BCUT2D eigenvalue weighted by molar-refractivity contribution is 7.80. The summed E-state index contributed by atoms with van der Waals surface area (Å²) in [4.78, 5) is 12.3. The first-order valence-corrected chi connectivity index (χ1v) is 4.98. The van der Waals surface area contributed by atoms with Crippen LogP contribution in [0.4, 0.5) is 0 Å². The topological polar surface area (TPSA) is 26.3 Å². The SMILES string of the molecule is CCOC(=O)c1cc(S)c(C)cc1C. The number of hydrogen-bond acceptors (Lipinski definition) is 3. The average Bonchev–Trinajstić information content (AvgIpc) is 2.11. The van der Waals surface area contributed by atoms with E-state index < -0.39 is 0 Å². The van der Waals surface area contributed by atoms with E-state index in [1.54, 1.807) is 13.0 Å². The molecule has 2 nitrogen and oxygen atoms in total. The zero-order valence-electron chi connectivity index (χ0n) is 8.63. The molecule has 76 valence electrons. The van der Waals surface area contributed by atoms with Gasteiger partial charge in [0.2, 0.25) is 0 Å². The monoisotopic (exact) mass is 210 g/mol. The summed E-state index contributed by atoms with van der Waals surface area (Å²) in [6.45, 7) is 6.05. The Morgan fingerprint density at radius 2 is 2.00 bits per heavy atom. The Morgan fingerprint density at radius 3 is 2.57 bits per heavy atom. The molecule has 0 aliphatic rings. The predicted molar refractivity (Wildman–Crippen MR) is 59.1 cm³/mol. The molecule has 0 heterocycles. The molecule has 1 aromatic carbocycles. The number of benzene rings is 1. The van der Waals surface area contributed by atoms with Gasteiger partial charge in [-0.1, -0.05) is 6.07 Å². The van der Waals surface area contributed by atoms with Crippen molar-refractivity contribution in [2.75, 3.05) is 6.61 Å². The molecule has 1 rings (SSSR count). The van der Waals surface area contributed by atoms with Gasteiger partial charge in [-0.05, 0) is 38.0 Å². The zero-order valence-corrected chi connectivity index (χ0v) is 9.52. The highest BCUT2D eigenvalue weighted by Crippen LogP contribution is 2.19. The van der Waals surface area contributed by atoms with E-state index in [4.69, 9.17) is 4.74 Å². The molecule has 0 saturated heterocycles. The Morgan fingerprint density at radius 1 is 1.36 bits per heavy atom. The molecule has 0 unspecified atom stereocenters. The number of esters is 1. The number of aryl methyl sites for hydroxylation is 2. The van der Waals surface area contributed by atoms with Gasteiger partial charge in [0.05, 0.1) is 12.2 Å². The van der Waals surface area contributed by atoms with Crippen LogP contribution in [-0.4, -0.2) is 12.6 Å². The molecule has 0 aromatic heterocycles. The van der Waals surface area contributed by atoms with Gasteiger partial charge in [-0.2, -0.15) is 0 Å². The van der Waals surface area contributed by atoms with Gasteiger partial charge in [-0.25, -0.2) is 4.79 Å². The Hall–Kier alpha value is -0.960. The number of ether oxygens (including phenoxy) is 1. The maximum atomic E-state index is 11.5. The van der Waals surface area contributed by atoms with Crippen molar-refractivity contribution < 1.29 is 9.53 Å². The molecule has 0 spiro atoms. The number of rotatable bonds is 2. The van der Waals surface area contributed by atoms with Crippen LogP contribution in [-0.2, 0) is 4.74 Å². The minimum absolute atomic E-state index is 0.277. The zero-order chi connectivity index (χ0) is 10.7. The lowest BCUT2D eigenvalue weighted by Gasteiger charge is -2.08. The molecule has 0 N–H and O–H groups in total. The minimum atomic E-state index is -0.277. The van der Waals surface area contributed by atoms with Crippen molar-refractivity contribution in [1.82, 2.24) is 0 Å². The predicted octanol–water partition coefficient (Wildman–Crippen LogP) is 2.77. The standard InChI is InChI=1S/C11H14O2S/c1-4-13-11(12)9-6-10(14)8(3)5-7(9)2/h5-6,14H,4H2,1-3H3. The molecule has 0 saturated carbocycles. The largest absolute Gasteiger partial charge is 0.462 e. The van der Waals surface area contributed by atoms with Crippen LogP contribution in [0.1, 0.15) is 28.4 Å². The first-order valence-electron chi connectivity index (χ1n) is 4.53. The van der Waals surface area contributed by atoms with Gasteiger partial charge < -0.3 is 4.74 Å². The summed E-state index contributed by atoms with van der Waals surface area (Å²) in [7, 11) is 0. The van der Waals surface area contributed by atoms with Gasteiger partial charge in [0.15, 0.2) is 0 Å². The fraction of sp³-hybridized carbons (Fsp3) is 0.364. The minimum Gasteiger partial charge on any atom is -0.462 e. The van der Waals surface area contributed by atoms with Crippen LogP contribution >= 0.6 is 12.6 Å². The van der Waals surface area contributed by atoms with Crippen molar-refractivity contribution in [3.8, 4) is 0 Å². The van der Waals surface area contributed by atoms with Crippen molar-refractivity contribution in [2.45, 2.75) is 25.7 Å². The summed E-state index contributed by atoms with van der Waals surface area (Å²) >= 11 is 4.27. The summed E-state index contributed by atoms with van der Waals surface area (Å²) in [5.41, 5.74) is 2.60. The molecule has 3 heteroatoms. The summed E-state index contributed by atoms with van der Waals surface area (Å²) in [6, 6.07) is 3.69. The quantitative estimate of drug-likeness (QED) is 0.600. The molecule has 0 aliphatic heterocycles. The highest BCUT2D eigenvalue weighted by Gasteiger charge is 2.11. The molecular formula is C11H14O2S. The second-order valence-electron chi connectivity index (χ2n) is 3.17. The van der Waals surface area contributed by atoms with Gasteiger partial charge >= 0.3 is 5.97 Å². The highest BCUT2D eigenvalue weighted by atomic mass is 32.1. The molecule has 14 heavy (non-hydrogen) atoms. The maximum absolute atomic E-state index is 11.5. The van der Waals surface area contributed by atoms with E-state index in [1.165, 1.54) is 0 Å². The van der Waals surface area contributed by atoms with E-state index in [9.17, 15) is 4.79 Å². The van der Waals surface area contributed by atoms with Crippen LogP contribution < -0.4 is 0 Å². The van der Waals surface area contributed by atoms with Crippen LogP contribution in [0.3, 0.4) is 0 Å². The third kappa shape index (κ3) is 2.29. The molecule has 0 bridgehead atoms. The second-order valence-corrected chi connectivity index (χ2v) is 3.66. The number of thiol groups is 1. The fourth-order valence-electron chi connectivity index (χ4n) is 1.27. The van der Waals surface area contributed by atoms with Crippen LogP contribution in [0.15, 0.2) is 17.0 Å². The van der Waals surface area contributed by atoms with E-state index in [-0.39, 0.29) is 5.97 Å². The van der Waals surface area contributed by atoms with Gasteiger partial charge in [-0.3, -0.25) is 0 Å². The summed E-state index contributed by atoms with van der Waals surface area (Å²) in [6.07, 6.45) is 0. The van der Waals surface area contributed by atoms with Gasteiger partial charge in [-0.15, -0.1) is 12.6 Å². The molecule has 0 fully saturated rings. The Balaban J connectivity index is 3.09. The van der Waals surface area contributed by atoms with Gasteiger partial charge in [0, 0.05) is 4.90 Å². The van der Waals surface area contributed by atoms with Crippen molar-refractivity contribution in [3.05, 3.63) is 28.8 Å². The Bertz CT molecular complexity index is 359. The lowest BCUT2D eigenvalue weighted by molar-refractivity contribution is 0.0525. The number of carbonyl (C=O) groups excluding carboxylic acids is 1. The molecule has 0 amide bonds. The van der Waals surface area contributed by atoms with Crippen LogP contribution in [0, 0.1) is 13.8 Å². The molecular weight excluding hydrogens is 196 g/mol. The average molecular weight is 210 g/mol. The smallest absolute Gasteiger partial charge is 0.338 e. The van der Waals surface area contributed by atoms with Crippen molar-refractivity contribution >= 4 is 18.6 Å². The van der Waals surface area contributed by atoms with Gasteiger partial charge in [0.25, 0.3) is 0 Å². The van der Waals surface area contributed by atoms with Gasteiger partial charge in [0.1, 0.15) is 0 Å². The van der Waals surface area contributed by atoms with Crippen LogP contribution in [0.2, 0.25) is 0 Å². The van der Waals surface area contributed by atoms with E-state index in [0.29, 0.717) is 12.2 Å². The normalized spacial score (nSPS) is 10.0. The first-order chi connectivity index (χ1) is 6.56. The van der Waals surface area contributed by atoms with E-state index in [1.807, 2.05) is 19.9 Å². The van der Waals surface area contributed by atoms with Crippen molar-refractivity contribution in [2.24, 2.45) is 0 Å². The van der Waals surface area contributed by atoms with Crippen LogP contribution in [0.25, 0.3) is 0 Å².